The van der Waals surface area contributed by atoms with Gasteiger partial charge in [0.25, 0.3) is 0 Å². The molecule has 0 spiro atoms. The second kappa shape index (κ2) is 5.30. The van der Waals surface area contributed by atoms with Gasteiger partial charge >= 0.3 is 0 Å². The van der Waals surface area contributed by atoms with Crippen molar-refractivity contribution in [3.8, 4) is 0 Å². The summed E-state index contributed by atoms with van der Waals surface area (Å²) in [5, 5.41) is 8.23. The summed E-state index contributed by atoms with van der Waals surface area (Å²) in [5.41, 5.74) is 2.16. The Kier molecular flexibility index (Phi) is 3.61. The van der Waals surface area contributed by atoms with Crippen LogP contribution in [0.5, 0.6) is 0 Å². The molecule has 5 heteroatoms. The summed E-state index contributed by atoms with van der Waals surface area (Å²) in [7, 11) is 0. The van der Waals surface area contributed by atoms with Crippen LogP contribution in [0, 0.1) is 0 Å². The van der Waals surface area contributed by atoms with Gasteiger partial charge in [-0.15, -0.1) is 0 Å². The van der Waals surface area contributed by atoms with Gasteiger partial charge in [0.05, 0.1) is 11.8 Å². The number of nitrogens with zero attached hydrogens (tertiary/aromatic N) is 3. The number of nitrogens with one attached hydrogen (secondary N) is 1. The smallest absolute Gasteiger partial charge is 0.152 e. The highest BCUT2D eigenvalue weighted by atomic mass is 16.5. The predicted molar refractivity (Wildman–Crippen MR) is 83.7 cm³/mol. The van der Waals surface area contributed by atoms with Crippen molar-refractivity contribution in [2.45, 2.75) is 58.1 Å². The zero-order chi connectivity index (χ0) is 15.0. The largest absolute Gasteiger partial charge is 0.378 e. The maximum absolute atomic E-state index is 5.60. The SMILES string of the molecule is CC1CC(Nc2nccn3nc(C(C)(C)C)cc23)CCO1. The molecule has 0 aromatic carbocycles. The fourth-order valence-corrected chi connectivity index (χ4v) is 2.72. The van der Waals surface area contributed by atoms with E-state index >= 15 is 0 Å². The first kappa shape index (κ1) is 14.3. The Morgan fingerprint density at radius 3 is 2.90 bits per heavy atom. The first-order valence-corrected chi connectivity index (χ1v) is 7.66. The Balaban J connectivity index is 1.89. The van der Waals surface area contributed by atoms with Gasteiger partial charge in [0.2, 0.25) is 0 Å². The molecule has 1 fully saturated rings. The van der Waals surface area contributed by atoms with Gasteiger partial charge in [-0.2, -0.15) is 5.10 Å². The number of rotatable bonds is 2. The van der Waals surface area contributed by atoms with Gasteiger partial charge < -0.3 is 10.1 Å². The molecule has 1 saturated heterocycles. The summed E-state index contributed by atoms with van der Waals surface area (Å²) in [6, 6.07) is 2.55. The van der Waals surface area contributed by atoms with E-state index < -0.39 is 0 Å². The molecule has 5 nitrogen and oxygen atoms in total. The van der Waals surface area contributed by atoms with Crippen molar-refractivity contribution in [3.05, 3.63) is 24.2 Å². The monoisotopic (exact) mass is 288 g/mol. The van der Waals surface area contributed by atoms with Crippen LogP contribution in [0.25, 0.3) is 5.52 Å². The summed E-state index contributed by atoms with van der Waals surface area (Å²) >= 11 is 0. The quantitative estimate of drug-likeness (QED) is 0.923. The van der Waals surface area contributed by atoms with Gasteiger partial charge in [0.15, 0.2) is 5.82 Å². The lowest BCUT2D eigenvalue weighted by Gasteiger charge is -2.28. The molecule has 1 aliphatic heterocycles. The Hall–Kier alpha value is -1.62. The maximum atomic E-state index is 5.60. The van der Waals surface area contributed by atoms with Crippen molar-refractivity contribution in [1.82, 2.24) is 14.6 Å². The molecule has 3 rings (SSSR count). The number of anilines is 1. The Morgan fingerprint density at radius 1 is 1.38 bits per heavy atom. The molecule has 2 aromatic rings. The molecule has 0 aliphatic carbocycles. The van der Waals surface area contributed by atoms with Crippen molar-refractivity contribution < 1.29 is 4.74 Å². The van der Waals surface area contributed by atoms with Crippen molar-refractivity contribution in [2.75, 3.05) is 11.9 Å². The average molecular weight is 288 g/mol. The highest BCUT2D eigenvalue weighted by Crippen LogP contribution is 2.26. The minimum Gasteiger partial charge on any atom is -0.378 e. The molecule has 1 aliphatic rings. The third kappa shape index (κ3) is 3.02. The van der Waals surface area contributed by atoms with Gasteiger partial charge in [-0.05, 0) is 25.8 Å². The van der Waals surface area contributed by atoms with Gasteiger partial charge in [-0.25, -0.2) is 9.50 Å². The Labute approximate surface area is 125 Å². The van der Waals surface area contributed by atoms with Crippen molar-refractivity contribution in [1.29, 1.82) is 0 Å². The molecular formula is C16H24N4O. The van der Waals surface area contributed by atoms with E-state index in [4.69, 9.17) is 4.74 Å². The van der Waals surface area contributed by atoms with Gasteiger partial charge in [0, 0.05) is 30.5 Å². The molecule has 114 valence electrons. The lowest BCUT2D eigenvalue weighted by Crippen LogP contribution is -2.32. The number of ether oxygens (including phenoxy) is 1. The van der Waals surface area contributed by atoms with E-state index in [1.807, 2.05) is 10.7 Å². The molecule has 3 heterocycles. The first-order valence-electron chi connectivity index (χ1n) is 7.66. The molecule has 21 heavy (non-hydrogen) atoms. The number of fused-ring (bicyclic) bond motifs is 1. The molecule has 1 N–H and O–H groups in total. The van der Waals surface area contributed by atoms with E-state index in [-0.39, 0.29) is 5.41 Å². The zero-order valence-electron chi connectivity index (χ0n) is 13.3. The van der Waals surface area contributed by atoms with E-state index in [2.05, 4.69) is 49.2 Å². The number of hydrogen-bond acceptors (Lipinski definition) is 4. The minimum atomic E-state index is 0.0382. The predicted octanol–water partition coefficient (Wildman–Crippen LogP) is 3.01. The lowest BCUT2D eigenvalue weighted by molar-refractivity contribution is 0.0232. The van der Waals surface area contributed by atoms with Crippen molar-refractivity contribution in [3.63, 3.8) is 0 Å². The van der Waals surface area contributed by atoms with Crippen LogP contribution in [-0.2, 0) is 10.2 Å². The molecule has 2 unspecified atom stereocenters. The lowest BCUT2D eigenvalue weighted by atomic mass is 9.92. The summed E-state index contributed by atoms with van der Waals surface area (Å²) in [6.45, 7) is 9.47. The standard InChI is InChI=1S/C16H24N4O/c1-11-9-12(5-8-21-11)18-15-13-10-14(16(2,3)4)19-20(13)7-6-17-15/h6-7,10-12H,5,8-9H2,1-4H3,(H,17,18). The van der Waals surface area contributed by atoms with Crippen LogP contribution in [0.15, 0.2) is 18.5 Å². The number of hydrogen-bond donors (Lipinski definition) is 1. The van der Waals surface area contributed by atoms with Crippen LogP contribution >= 0.6 is 0 Å². The van der Waals surface area contributed by atoms with Crippen LogP contribution in [0.1, 0.15) is 46.2 Å². The fourth-order valence-electron chi connectivity index (χ4n) is 2.72. The highest BCUT2D eigenvalue weighted by Gasteiger charge is 2.22. The van der Waals surface area contributed by atoms with Crippen molar-refractivity contribution >= 4 is 11.3 Å². The maximum Gasteiger partial charge on any atom is 0.152 e. The third-order valence-corrected chi connectivity index (χ3v) is 3.98. The molecular weight excluding hydrogens is 264 g/mol. The third-order valence-electron chi connectivity index (χ3n) is 3.98. The second-order valence-electron chi connectivity index (χ2n) is 6.93. The van der Waals surface area contributed by atoms with Crippen LogP contribution < -0.4 is 5.32 Å². The van der Waals surface area contributed by atoms with E-state index in [1.54, 1.807) is 6.20 Å². The molecule has 2 atom stereocenters. The molecule has 0 saturated carbocycles. The Morgan fingerprint density at radius 2 is 2.19 bits per heavy atom. The second-order valence-corrected chi connectivity index (χ2v) is 6.93. The van der Waals surface area contributed by atoms with E-state index in [0.717, 1.165) is 36.5 Å². The van der Waals surface area contributed by atoms with E-state index in [1.165, 1.54) is 0 Å². The van der Waals surface area contributed by atoms with Gasteiger partial charge in [0.1, 0.15) is 5.52 Å². The summed E-state index contributed by atoms with van der Waals surface area (Å²) in [6.07, 6.45) is 6.06. The molecule has 0 bridgehead atoms. The van der Waals surface area contributed by atoms with Crippen molar-refractivity contribution in [2.24, 2.45) is 0 Å². The van der Waals surface area contributed by atoms with Crippen LogP contribution in [0.3, 0.4) is 0 Å². The molecule has 2 aromatic heterocycles. The topological polar surface area (TPSA) is 51.5 Å². The summed E-state index contributed by atoms with van der Waals surface area (Å²) in [5.74, 6) is 0.916. The van der Waals surface area contributed by atoms with Crippen LogP contribution in [0.2, 0.25) is 0 Å². The normalized spacial score (nSPS) is 23.4. The average Bonchev–Trinajstić information content (AvgIpc) is 2.84. The minimum absolute atomic E-state index is 0.0382. The summed E-state index contributed by atoms with van der Waals surface area (Å²) in [4.78, 5) is 4.51. The van der Waals surface area contributed by atoms with Gasteiger partial charge in [-0.3, -0.25) is 0 Å². The first-order chi connectivity index (χ1) is 9.93. The zero-order valence-corrected chi connectivity index (χ0v) is 13.3. The highest BCUT2D eigenvalue weighted by molar-refractivity contribution is 5.68. The molecule has 0 amide bonds. The fraction of sp³-hybridized carbons (Fsp3) is 0.625. The van der Waals surface area contributed by atoms with Crippen LogP contribution in [0.4, 0.5) is 5.82 Å². The van der Waals surface area contributed by atoms with E-state index in [9.17, 15) is 0 Å². The molecule has 0 radical (unpaired) electrons. The van der Waals surface area contributed by atoms with Crippen LogP contribution in [-0.4, -0.2) is 33.4 Å². The van der Waals surface area contributed by atoms with E-state index in [0.29, 0.717) is 12.1 Å². The van der Waals surface area contributed by atoms with Gasteiger partial charge in [-0.1, -0.05) is 20.8 Å². The summed E-state index contributed by atoms with van der Waals surface area (Å²) < 4.78 is 7.52. The number of aromatic nitrogens is 3. The Bertz CT molecular complexity index is 629.